The van der Waals surface area contributed by atoms with Gasteiger partial charge >= 0.3 is 6.03 Å². The minimum absolute atomic E-state index is 0.0509. The molecule has 1 heterocycles. The molecule has 2 aromatic carbocycles. The zero-order chi connectivity index (χ0) is 21.0. The van der Waals surface area contributed by atoms with Gasteiger partial charge in [-0.25, -0.2) is 4.79 Å². The molecule has 3 amide bonds. The average Bonchev–Trinajstić information content (AvgIpc) is 2.73. The Labute approximate surface area is 183 Å². The van der Waals surface area contributed by atoms with Crippen LogP contribution in [0.3, 0.4) is 0 Å². The van der Waals surface area contributed by atoms with Crippen LogP contribution < -0.4 is 10.1 Å². The van der Waals surface area contributed by atoms with E-state index in [4.69, 9.17) is 16.3 Å². The van der Waals surface area contributed by atoms with Crippen LogP contribution >= 0.6 is 27.5 Å². The molecule has 0 atom stereocenters. The van der Waals surface area contributed by atoms with Crippen LogP contribution in [0.2, 0.25) is 5.02 Å². The monoisotopic (exact) mass is 479 g/mol. The summed E-state index contributed by atoms with van der Waals surface area (Å²) in [6, 6.07) is 10.8. The van der Waals surface area contributed by atoms with Gasteiger partial charge in [0, 0.05) is 47.8 Å². The second kappa shape index (κ2) is 9.50. The average molecular weight is 481 g/mol. The second-order valence-corrected chi connectivity index (χ2v) is 8.18. The molecule has 1 saturated heterocycles. The van der Waals surface area contributed by atoms with Gasteiger partial charge in [0.15, 0.2) is 0 Å². The third-order valence-electron chi connectivity index (χ3n) is 4.95. The molecule has 0 bridgehead atoms. The Bertz CT molecular complexity index is 914. The van der Waals surface area contributed by atoms with E-state index in [0.717, 1.165) is 15.6 Å². The zero-order valence-corrected chi connectivity index (χ0v) is 18.7. The summed E-state index contributed by atoms with van der Waals surface area (Å²) in [4.78, 5) is 28.7. The van der Waals surface area contributed by atoms with Gasteiger partial charge in [-0.05, 0) is 42.3 Å². The molecular formula is C21H23BrClN3O3. The van der Waals surface area contributed by atoms with Gasteiger partial charge in [-0.3, -0.25) is 4.79 Å². The first-order valence-corrected chi connectivity index (χ1v) is 10.5. The molecule has 1 aliphatic heterocycles. The molecule has 1 N–H and O–H groups in total. The van der Waals surface area contributed by atoms with Gasteiger partial charge < -0.3 is 19.9 Å². The number of amides is 3. The maximum atomic E-state index is 12.8. The van der Waals surface area contributed by atoms with Gasteiger partial charge in [0.05, 0.1) is 7.11 Å². The summed E-state index contributed by atoms with van der Waals surface area (Å²) >= 11 is 9.56. The minimum Gasteiger partial charge on any atom is -0.496 e. The van der Waals surface area contributed by atoms with Crippen LogP contribution in [0.4, 0.5) is 4.79 Å². The summed E-state index contributed by atoms with van der Waals surface area (Å²) in [5.41, 5.74) is 2.43. The maximum absolute atomic E-state index is 12.8. The summed E-state index contributed by atoms with van der Waals surface area (Å²) in [6.45, 7) is 4.23. The number of ether oxygens (including phenoxy) is 1. The number of benzene rings is 2. The van der Waals surface area contributed by atoms with Crippen molar-refractivity contribution in [2.45, 2.75) is 13.5 Å². The Hall–Kier alpha value is -2.25. The first-order chi connectivity index (χ1) is 13.9. The fourth-order valence-electron chi connectivity index (χ4n) is 3.20. The van der Waals surface area contributed by atoms with Crippen molar-refractivity contribution in [3.63, 3.8) is 0 Å². The van der Waals surface area contributed by atoms with Crippen molar-refractivity contribution in [1.82, 2.24) is 15.1 Å². The van der Waals surface area contributed by atoms with Crippen LogP contribution in [-0.4, -0.2) is 55.0 Å². The first kappa shape index (κ1) is 21.5. The van der Waals surface area contributed by atoms with E-state index < -0.39 is 0 Å². The van der Waals surface area contributed by atoms with Crippen molar-refractivity contribution in [1.29, 1.82) is 0 Å². The molecule has 0 radical (unpaired) electrons. The van der Waals surface area contributed by atoms with E-state index >= 15 is 0 Å². The Morgan fingerprint density at radius 1 is 1.10 bits per heavy atom. The van der Waals surface area contributed by atoms with Crippen molar-refractivity contribution in [2.75, 3.05) is 33.3 Å². The fraction of sp³-hybridized carbons (Fsp3) is 0.333. The standard InChI is InChI=1S/C21H23BrClN3O3/c1-14-3-4-15(11-19(14)29-2)20(27)25-7-9-26(10-8-25)21(28)24-13-16-5-6-17(22)12-18(16)23/h3-6,11-12H,7-10,13H2,1-2H3,(H,24,28). The number of piperazine rings is 1. The second-order valence-electron chi connectivity index (χ2n) is 6.86. The molecule has 3 rings (SSSR count). The fourth-order valence-corrected chi connectivity index (χ4v) is 3.94. The number of nitrogens with one attached hydrogen (secondary N) is 1. The number of carbonyl (C=O) groups excluding carboxylic acids is 2. The van der Waals surface area contributed by atoms with Crippen molar-refractivity contribution >= 4 is 39.5 Å². The molecular weight excluding hydrogens is 458 g/mol. The van der Waals surface area contributed by atoms with Gasteiger partial charge in [-0.15, -0.1) is 0 Å². The van der Waals surface area contributed by atoms with E-state index in [9.17, 15) is 9.59 Å². The maximum Gasteiger partial charge on any atom is 0.317 e. The minimum atomic E-state index is -0.159. The number of urea groups is 1. The molecule has 0 unspecified atom stereocenters. The molecule has 6 nitrogen and oxygen atoms in total. The predicted molar refractivity (Wildman–Crippen MR) is 117 cm³/mol. The van der Waals surface area contributed by atoms with Crippen LogP contribution in [0.25, 0.3) is 0 Å². The Balaban J connectivity index is 1.53. The summed E-state index contributed by atoms with van der Waals surface area (Å²) in [5.74, 6) is 0.644. The zero-order valence-electron chi connectivity index (χ0n) is 16.4. The summed E-state index contributed by atoms with van der Waals surface area (Å²) in [5, 5.41) is 3.49. The smallest absolute Gasteiger partial charge is 0.317 e. The Morgan fingerprint density at radius 3 is 2.45 bits per heavy atom. The lowest BCUT2D eigenvalue weighted by molar-refractivity contribution is 0.0664. The Morgan fingerprint density at radius 2 is 1.79 bits per heavy atom. The van der Waals surface area contributed by atoms with E-state index in [1.165, 1.54) is 0 Å². The van der Waals surface area contributed by atoms with E-state index in [2.05, 4.69) is 21.2 Å². The normalized spacial score (nSPS) is 13.9. The highest BCUT2D eigenvalue weighted by Crippen LogP contribution is 2.22. The highest BCUT2D eigenvalue weighted by atomic mass is 79.9. The van der Waals surface area contributed by atoms with E-state index in [-0.39, 0.29) is 11.9 Å². The van der Waals surface area contributed by atoms with Crippen LogP contribution in [-0.2, 0) is 6.54 Å². The third-order valence-corrected chi connectivity index (χ3v) is 5.80. The molecule has 29 heavy (non-hydrogen) atoms. The lowest BCUT2D eigenvalue weighted by Crippen LogP contribution is -2.53. The van der Waals surface area contributed by atoms with E-state index in [1.54, 1.807) is 35.1 Å². The molecule has 154 valence electrons. The molecule has 0 aliphatic carbocycles. The number of hydrogen-bond acceptors (Lipinski definition) is 3. The molecule has 8 heteroatoms. The molecule has 0 aromatic heterocycles. The quantitative estimate of drug-likeness (QED) is 0.717. The number of rotatable bonds is 4. The van der Waals surface area contributed by atoms with Crippen molar-refractivity contribution in [2.24, 2.45) is 0 Å². The molecule has 0 spiro atoms. The van der Waals surface area contributed by atoms with Crippen molar-refractivity contribution < 1.29 is 14.3 Å². The number of methoxy groups -OCH3 is 1. The highest BCUT2D eigenvalue weighted by Gasteiger charge is 2.25. The highest BCUT2D eigenvalue weighted by molar-refractivity contribution is 9.10. The number of hydrogen-bond donors (Lipinski definition) is 1. The van der Waals surface area contributed by atoms with Crippen molar-refractivity contribution in [3.8, 4) is 5.75 Å². The molecule has 0 saturated carbocycles. The van der Waals surface area contributed by atoms with Crippen LogP contribution in [0.5, 0.6) is 5.75 Å². The summed E-state index contributed by atoms with van der Waals surface area (Å²) in [6.07, 6.45) is 0. The lowest BCUT2D eigenvalue weighted by Gasteiger charge is -2.34. The van der Waals surface area contributed by atoms with Gasteiger partial charge in [0.2, 0.25) is 0 Å². The van der Waals surface area contributed by atoms with Crippen LogP contribution in [0, 0.1) is 6.92 Å². The Kier molecular flexibility index (Phi) is 7.03. The number of aryl methyl sites for hydroxylation is 1. The predicted octanol–water partition coefficient (Wildman–Crippen LogP) is 4.09. The first-order valence-electron chi connectivity index (χ1n) is 9.29. The molecule has 2 aromatic rings. The number of carbonyl (C=O) groups is 2. The topological polar surface area (TPSA) is 61.9 Å². The largest absolute Gasteiger partial charge is 0.496 e. The summed E-state index contributed by atoms with van der Waals surface area (Å²) in [7, 11) is 1.59. The SMILES string of the molecule is COc1cc(C(=O)N2CCN(C(=O)NCc3ccc(Br)cc3Cl)CC2)ccc1C. The summed E-state index contributed by atoms with van der Waals surface area (Å²) < 4.78 is 6.20. The van der Waals surface area contributed by atoms with Gasteiger partial charge in [0.1, 0.15) is 5.75 Å². The number of halogens is 2. The van der Waals surface area contributed by atoms with Gasteiger partial charge in [0.25, 0.3) is 5.91 Å². The molecule has 1 fully saturated rings. The van der Waals surface area contributed by atoms with Gasteiger partial charge in [-0.2, -0.15) is 0 Å². The van der Waals surface area contributed by atoms with E-state index in [1.807, 2.05) is 25.1 Å². The molecule has 1 aliphatic rings. The lowest BCUT2D eigenvalue weighted by atomic mass is 10.1. The number of nitrogens with zero attached hydrogens (tertiary/aromatic N) is 2. The van der Waals surface area contributed by atoms with Crippen molar-refractivity contribution in [3.05, 3.63) is 62.6 Å². The van der Waals surface area contributed by atoms with Crippen LogP contribution in [0.1, 0.15) is 21.5 Å². The van der Waals surface area contributed by atoms with E-state index in [0.29, 0.717) is 49.1 Å². The van der Waals surface area contributed by atoms with Gasteiger partial charge in [-0.1, -0.05) is 39.7 Å². The third kappa shape index (κ3) is 5.22. The van der Waals surface area contributed by atoms with Crippen LogP contribution in [0.15, 0.2) is 40.9 Å².